The number of carbonyl (C=O) groups is 2. The van der Waals surface area contributed by atoms with Crippen molar-refractivity contribution in [3.63, 3.8) is 0 Å². The van der Waals surface area contributed by atoms with E-state index < -0.39 is 22.9 Å². The first-order valence-electron chi connectivity index (χ1n) is 9.75. The molecule has 1 aromatic carbocycles. The second-order valence-corrected chi connectivity index (χ2v) is 8.25. The van der Waals surface area contributed by atoms with E-state index in [1.807, 2.05) is 52.0 Å². The first-order chi connectivity index (χ1) is 13.1. The van der Waals surface area contributed by atoms with Crippen molar-refractivity contribution in [1.82, 2.24) is 4.90 Å². The van der Waals surface area contributed by atoms with Crippen LogP contribution in [-0.2, 0) is 19.7 Å². The van der Waals surface area contributed by atoms with Gasteiger partial charge in [0.15, 0.2) is 5.92 Å². The molecule has 1 saturated heterocycles. The van der Waals surface area contributed by atoms with Crippen LogP contribution in [0.3, 0.4) is 0 Å². The molecule has 6 nitrogen and oxygen atoms in total. The van der Waals surface area contributed by atoms with Crippen LogP contribution in [0.1, 0.15) is 51.7 Å². The van der Waals surface area contributed by atoms with E-state index in [9.17, 15) is 14.9 Å². The maximum Gasteiger partial charge on any atom is 0.410 e. The summed E-state index contributed by atoms with van der Waals surface area (Å²) in [4.78, 5) is 26.7. The Morgan fingerprint density at radius 2 is 1.86 bits per heavy atom. The van der Waals surface area contributed by atoms with Crippen LogP contribution in [0.15, 0.2) is 24.3 Å². The first kappa shape index (κ1) is 21.7. The van der Waals surface area contributed by atoms with Crippen LogP contribution in [0.4, 0.5) is 4.79 Å². The van der Waals surface area contributed by atoms with Crippen LogP contribution >= 0.6 is 0 Å². The van der Waals surface area contributed by atoms with Crippen molar-refractivity contribution in [2.24, 2.45) is 5.92 Å². The number of benzene rings is 1. The average Bonchev–Trinajstić information content (AvgIpc) is 2.62. The Morgan fingerprint density at radius 3 is 2.36 bits per heavy atom. The van der Waals surface area contributed by atoms with E-state index in [2.05, 4.69) is 6.07 Å². The average molecular weight is 386 g/mol. The molecule has 6 heteroatoms. The number of carbonyl (C=O) groups excluding carboxylic acids is 2. The third-order valence-electron chi connectivity index (χ3n) is 5.19. The van der Waals surface area contributed by atoms with Crippen LogP contribution in [0.2, 0.25) is 0 Å². The van der Waals surface area contributed by atoms with Gasteiger partial charge in [0.25, 0.3) is 0 Å². The highest BCUT2D eigenvalue weighted by molar-refractivity contribution is 5.78. The van der Waals surface area contributed by atoms with Gasteiger partial charge in [-0.15, -0.1) is 0 Å². The van der Waals surface area contributed by atoms with Crippen molar-refractivity contribution in [3.8, 4) is 6.07 Å². The Hall–Kier alpha value is -2.55. The number of ether oxygens (including phenoxy) is 2. The van der Waals surface area contributed by atoms with E-state index in [1.165, 1.54) is 0 Å². The Bertz CT molecular complexity index is 753. The molecule has 1 fully saturated rings. The summed E-state index contributed by atoms with van der Waals surface area (Å²) in [5.74, 6) is -1.42. The number of nitrogens with zero attached hydrogens (tertiary/aromatic N) is 2. The van der Waals surface area contributed by atoms with E-state index in [-0.39, 0.29) is 12.7 Å². The maximum absolute atomic E-state index is 12.6. The van der Waals surface area contributed by atoms with Gasteiger partial charge in [0.1, 0.15) is 5.60 Å². The van der Waals surface area contributed by atoms with Crippen molar-refractivity contribution in [1.29, 1.82) is 5.26 Å². The first-order valence-corrected chi connectivity index (χ1v) is 9.75. The van der Waals surface area contributed by atoms with Crippen molar-refractivity contribution in [2.45, 2.75) is 58.5 Å². The molecule has 0 bridgehead atoms. The third-order valence-corrected chi connectivity index (χ3v) is 5.19. The summed E-state index contributed by atoms with van der Waals surface area (Å²) >= 11 is 0. The van der Waals surface area contributed by atoms with Gasteiger partial charge < -0.3 is 14.4 Å². The molecule has 1 atom stereocenters. The normalized spacial score (nSPS) is 17.4. The quantitative estimate of drug-likeness (QED) is 0.732. The molecule has 0 spiro atoms. The molecule has 0 N–H and O–H groups in total. The fourth-order valence-corrected chi connectivity index (χ4v) is 3.89. The van der Waals surface area contributed by atoms with Crippen molar-refractivity contribution < 1.29 is 19.1 Å². The van der Waals surface area contributed by atoms with Crippen LogP contribution in [0, 0.1) is 24.2 Å². The van der Waals surface area contributed by atoms with Gasteiger partial charge in [-0.05, 0) is 58.6 Å². The minimum absolute atomic E-state index is 0.227. The van der Waals surface area contributed by atoms with Gasteiger partial charge in [0.05, 0.1) is 12.7 Å². The number of hydrogen-bond acceptors (Lipinski definition) is 5. The largest absolute Gasteiger partial charge is 0.465 e. The summed E-state index contributed by atoms with van der Waals surface area (Å²) in [6.45, 7) is 10.3. The second-order valence-electron chi connectivity index (χ2n) is 8.25. The van der Waals surface area contributed by atoms with Crippen LogP contribution < -0.4 is 0 Å². The molecule has 0 aromatic heterocycles. The van der Waals surface area contributed by atoms with Gasteiger partial charge in [-0.1, -0.05) is 24.3 Å². The Balaban J connectivity index is 2.36. The molecule has 2 rings (SSSR count). The van der Waals surface area contributed by atoms with E-state index >= 15 is 0 Å². The van der Waals surface area contributed by atoms with Gasteiger partial charge in [-0.3, -0.25) is 4.79 Å². The van der Waals surface area contributed by atoms with E-state index in [0.29, 0.717) is 25.9 Å². The van der Waals surface area contributed by atoms with Crippen molar-refractivity contribution in [3.05, 3.63) is 35.4 Å². The van der Waals surface area contributed by atoms with Gasteiger partial charge in [0, 0.05) is 18.5 Å². The predicted octanol–water partition coefficient (Wildman–Crippen LogP) is 3.97. The smallest absolute Gasteiger partial charge is 0.410 e. The van der Waals surface area contributed by atoms with Gasteiger partial charge in [-0.2, -0.15) is 5.26 Å². The number of esters is 1. The minimum atomic E-state index is -0.922. The molecule has 1 aromatic rings. The highest BCUT2D eigenvalue weighted by Crippen LogP contribution is 2.44. The number of aryl methyl sites for hydroxylation is 1. The monoisotopic (exact) mass is 386 g/mol. The fourth-order valence-electron chi connectivity index (χ4n) is 3.89. The number of rotatable bonds is 4. The predicted molar refractivity (Wildman–Crippen MR) is 106 cm³/mol. The molecule has 1 aliphatic heterocycles. The zero-order valence-electron chi connectivity index (χ0n) is 17.4. The number of likely N-dealkylation sites (tertiary alicyclic amines) is 1. The van der Waals surface area contributed by atoms with Crippen LogP contribution in [0.5, 0.6) is 0 Å². The molecule has 28 heavy (non-hydrogen) atoms. The zero-order chi connectivity index (χ0) is 20.9. The summed E-state index contributed by atoms with van der Waals surface area (Å²) in [6.07, 6.45) is 0.623. The fraction of sp³-hybridized carbons (Fsp3) is 0.591. The number of piperidine rings is 1. The summed E-state index contributed by atoms with van der Waals surface area (Å²) < 4.78 is 10.7. The van der Waals surface area contributed by atoms with Gasteiger partial charge in [-0.25, -0.2) is 4.79 Å². The lowest BCUT2D eigenvalue weighted by Gasteiger charge is -2.44. The Morgan fingerprint density at radius 1 is 1.25 bits per heavy atom. The SMILES string of the molecule is CCOC(=O)C(C#N)C1(c2ccccc2C)CCN(C(=O)OC(C)(C)C)CC1. The molecule has 0 saturated carbocycles. The standard InChI is InChI=1S/C22H30N2O4/c1-6-27-19(25)18(15-23)22(17-10-8-7-9-16(17)2)11-13-24(14-12-22)20(26)28-21(3,4)5/h7-10,18H,6,11-14H2,1-5H3. The number of hydrogen-bond donors (Lipinski definition) is 0. The summed E-state index contributed by atoms with van der Waals surface area (Å²) in [5.41, 5.74) is 0.739. The number of nitriles is 1. The maximum atomic E-state index is 12.6. The van der Waals surface area contributed by atoms with Crippen LogP contribution in [0.25, 0.3) is 0 Å². The number of amides is 1. The van der Waals surface area contributed by atoms with Crippen LogP contribution in [-0.4, -0.2) is 42.3 Å². The Kier molecular flexibility index (Phi) is 6.71. The second kappa shape index (κ2) is 8.64. The van der Waals surface area contributed by atoms with Crippen molar-refractivity contribution in [2.75, 3.05) is 19.7 Å². The molecule has 0 radical (unpaired) electrons. The Labute approximate surface area is 167 Å². The molecule has 1 unspecified atom stereocenters. The highest BCUT2D eigenvalue weighted by Gasteiger charge is 2.49. The lowest BCUT2D eigenvalue weighted by atomic mass is 9.63. The van der Waals surface area contributed by atoms with Gasteiger partial charge >= 0.3 is 12.1 Å². The molecule has 1 aliphatic rings. The molecular formula is C22H30N2O4. The van der Waals surface area contributed by atoms with E-state index in [0.717, 1.165) is 11.1 Å². The van der Waals surface area contributed by atoms with Gasteiger partial charge in [0.2, 0.25) is 0 Å². The highest BCUT2D eigenvalue weighted by atomic mass is 16.6. The summed E-state index contributed by atoms with van der Waals surface area (Å²) in [6, 6.07) is 10.0. The van der Waals surface area contributed by atoms with Crippen molar-refractivity contribution >= 4 is 12.1 Å². The molecule has 0 aliphatic carbocycles. The lowest BCUT2D eigenvalue weighted by molar-refractivity contribution is -0.149. The zero-order valence-corrected chi connectivity index (χ0v) is 17.4. The molecule has 152 valence electrons. The lowest BCUT2D eigenvalue weighted by Crippen LogP contribution is -2.51. The van der Waals surface area contributed by atoms with E-state index in [1.54, 1.807) is 11.8 Å². The van der Waals surface area contributed by atoms with E-state index in [4.69, 9.17) is 9.47 Å². The topological polar surface area (TPSA) is 79.6 Å². The summed E-state index contributed by atoms with van der Waals surface area (Å²) in [5, 5.41) is 9.86. The molecule has 1 amide bonds. The minimum Gasteiger partial charge on any atom is -0.465 e. The third kappa shape index (κ3) is 4.64. The molecular weight excluding hydrogens is 356 g/mol. The molecule has 1 heterocycles. The summed E-state index contributed by atoms with van der Waals surface area (Å²) in [7, 11) is 0.